The third kappa shape index (κ3) is 2.22. The number of rotatable bonds is 0. The number of hydrogen-bond acceptors (Lipinski definition) is 0. The summed E-state index contributed by atoms with van der Waals surface area (Å²) in [7, 11) is 0. The Labute approximate surface area is 180 Å². The maximum atomic E-state index is 3.69. The number of fused-ring (bicyclic) bond motifs is 6. The van der Waals surface area contributed by atoms with Crippen molar-refractivity contribution in [3.63, 3.8) is 0 Å². The Balaban J connectivity index is 1.82. The van der Waals surface area contributed by atoms with Gasteiger partial charge in [0.05, 0.1) is 0 Å². The molecule has 0 bridgehead atoms. The number of halogens is 2. The van der Waals surface area contributed by atoms with Crippen LogP contribution in [0.25, 0.3) is 33.4 Å². The molecule has 0 fully saturated rings. The molecule has 0 saturated heterocycles. The summed E-state index contributed by atoms with van der Waals surface area (Å²) in [4.78, 5) is 0. The van der Waals surface area contributed by atoms with Crippen LogP contribution in [0.5, 0.6) is 0 Å². The highest BCUT2D eigenvalue weighted by Gasteiger charge is 2.32. The molecule has 0 unspecified atom stereocenters. The fraction of sp³-hybridized carbons (Fsp3) is 0. The van der Waals surface area contributed by atoms with Crippen molar-refractivity contribution in [2.75, 3.05) is 0 Å². The number of hydrogen-bond donors (Lipinski definition) is 0. The van der Waals surface area contributed by atoms with Gasteiger partial charge in [-0.05, 0) is 79.9 Å². The quantitative estimate of drug-likeness (QED) is 0.203. The van der Waals surface area contributed by atoms with Gasteiger partial charge < -0.3 is 0 Å². The van der Waals surface area contributed by atoms with Gasteiger partial charge in [0.25, 0.3) is 0 Å². The second kappa shape index (κ2) is 6.04. The molecule has 132 valence electrons. The third-order valence-corrected chi connectivity index (χ3v) is 6.71. The zero-order valence-electron chi connectivity index (χ0n) is 14.8. The van der Waals surface area contributed by atoms with Crippen molar-refractivity contribution >= 4 is 43.0 Å². The van der Waals surface area contributed by atoms with Gasteiger partial charge in [-0.15, -0.1) is 0 Å². The van der Waals surface area contributed by atoms with Gasteiger partial charge in [0.15, 0.2) is 0 Å². The first-order valence-corrected chi connectivity index (χ1v) is 10.8. The molecule has 2 aliphatic rings. The lowest BCUT2D eigenvalue weighted by Crippen LogP contribution is -1.91. The lowest BCUT2D eigenvalue weighted by Gasteiger charge is -2.12. The van der Waals surface area contributed by atoms with E-state index in [1.807, 2.05) is 0 Å². The van der Waals surface area contributed by atoms with Crippen molar-refractivity contribution in [3.8, 4) is 22.3 Å². The Hall–Kier alpha value is -2.42. The SMILES string of the molecule is Brc1ccc2c(c1)/C(=C1/c3ccccc3-c3ccc(Br)cc31)c1ccccc1-2. The van der Waals surface area contributed by atoms with Crippen molar-refractivity contribution in [2.45, 2.75) is 0 Å². The van der Waals surface area contributed by atoms with Crippen LogP contribution >= 0.6 is 31.9 Å². The molecule has 0 atom stereocenters. The monoisotopic (exact) mass is 484 g/mol. The largest absolute Gasteiger partial charge is 0.0616 e. The molecule has 4 aromatic rings. The summed E-state index contributed by atoms with van der Waals surface area (Å²) in [6.45, 7) is 0. The molecule has 4 aromatic carbocycles. The molecule has 0 N–H and O–H groups in total. The predicted molar refractivity (Wildman–Crippen MR) is 124 cm³/mol. The summed E-state index contributed by atoms with van der Waals surface area (Å²) in [5.41, 5.74) is 13.1. The van der Waals surface area contributed by atoms with Crippen LogP contribution in [-0.4, -0.2) is 0 Å². The predicted octanol–water partition coefficient (Wildman–Crippen LogP) is 8.18. The normalized spacial score (nSPS) is 15.8. The van der Waals surface area contributed by atoms with E-state index in [-0.39, 0.29) is 0 Å². The lowest BCUT2D eigenvalue weighted by atomic mass is 9.92. The second-order valence-corrected chi connectivity index (χ2v) is 9.05. The maximum absolute atomic E-state index is 3.69. The first-order chi connectivity index (χ1) is 13.7. The van der Waals surface area contributed by atoms with E-state index >= 15 is 0 Å². The molecule has 0 aliphatic heterocycles. The topological polar surface area (TPSA) is 0 Å². The van der Waals surface area contributed by atoms with Crippen molar-refractivity contribution in [3.05, 3.63) is 116 Å². The standard InChI is InChI=1S/C26H14Br2/c27-15-9-11-19-17-5-1-3-7-21(17)25(23(19)13-15)26-22-8-4-2-6-18(22)20-12-10-16(28)14-24(20)26/h1-14H/b26-25-. The second-order valence-electron chi connectivity index (χ2n) is 7.22. The first-order valence-electron chi connectivity index (χ1n) is 9.26. The van der Waals surface area contributed by atoms with Gasteiger partial charge in [-0.3, -0.25) is 0 Å². The molecule has 28 heavy (non-hydrogen) atoms. The van der Waals surface area contributed by atoms with Gasteiger partial charge in [0.2, 0.25) is 0 Å². The average Bonchev–Trinajstić information content (AvgIpc) is 3.19. The lowest BCUT2D eigenvalue weighted by molar-refractivity contribution is 1.59. The third-order valence-electron chi connectivity index (χ3n) is 5.73. The zero-order chi connectivity index (χ0) is 18.8. The van der Waals surface area contributed by atoms with E-state index in [9.17, 15) is 0 Å². The summed E-state index contributed by atoms with van der Waals surface area (Å²) >= 11 is 7.38. The summed E-state index contributed by atoms with van der Waals surface area (Å²) < 4.78 is 2.22. The molecule has 2 aliphatic carbocycles. The van der Waals surface area contributed by atoms with E-state index in [1.54, 1.807) is 0 Å². The molecule has 2 heteroatoms. The van der Waals surface area contributed by atoms with Crippen LogP contribution in [0.3, 0.4) is 0 Å². The van der Waals surface area contributed by atoms with Gasteiger partial charge in [0, 0.05) is 8.95 Å². The van der Waals surface area contributed by atoms with E-state index in [0.717, 1.165) is 8.95 Å². The van der Waals surface area contributed by atoms with Crippen molar-refractivity contribution < 1.29 is 0 Å². The van der Waals surface area contributed by atoms with Crippen LogP contribution < -0.4 is 0 Å². The van der Waals surface area contributed by atoms with Crippen LogP contribution in [0.2, 0.25) is 0 Å². The molecular weight excluding hydrogens is 472 g/mol. The molecule has 0 aromatic heterocycles. The molecule has 0 spiro atoms. The van der Waals surface area contributed by atoms with Gasteiger partial charge in [-0.2, -0.15) is 0 Å². The molecule has 0 amide bonds. The van der Waals surface area contributed by atoms with E-state index in [4.69, 9.17) is 0 Å². The summed E-state index contributed by atoms with van der Waals surface area (Å²) in [6.07, 6.45) is 0. The van der Waals surface area contributed by atoms with Crippen LogP contribution in [0.1, 0.15) is 22.3 Å². The highest BCUT2D eigenvalue weighted by atomic mass is 79.9. The van der Waals surface area contributed by atoms with Crippen molar-refractivity contribution in [1.29, 1.82) is 0 Å². The Morgan fingerprint density at radius 2 is 0.714 bits per heavy atom. The van der Waals surface area contributed by atoms with Crippen LogP contribution in [0, 0.1) is 0 Å². The van der Waals surface area contributed by atoms with E-state index < -0.39 is 0 Å². The van der Waals surface area contributed by atoms with Gasteiger partial charge >= 0.3 is 0 Å². The van der Waals surface area contributed by atoms with Gasteiger partial charge in [0.1, 0.15) is 0 Å². The van der Waals surface area contributed by atoms with Gasteiger partial charge in [-0.1, -0.05) is 92.5 Å². The van der Waals surface area contributed by atoms with Crippen molar-refractivity contribution in [1.82, 2.24) is 0 Å². The summed E-state index contributed by atoms with van der Waals surface area (Å²) in [5, 5.41) is 0. The first kappa shape index (κ1) is 16.5. The molecule has 0 saturated carbocycles. The highest BCUT2D eigenvalue weighted by molar-refractivity contribution is 9.10. The Morgan fingerprint density at radius 1 is 0.357 bits per heavy atom. The Kier molecular flexibility index (Phi) is 3.56. The summed E-state index contributed by atoms with van der Waals surface area (Å²) in [5.74, 6) is 0. The molecule has 6 rings (SSSR count). The van der Waals surface area contributed by atoms with E-state index in [0.29, 0.717) is 0 Å². The minimum absolute atomic E-state index is 1.11. The van der Waals surface area contributed by atoms with E-state index in [2.05, 4.69) is 117 Å². The number of benzene rings is 4. The van der Waals surface area contributed by atoms with E-state index in [1.165, 1.54) is 55.7 Å². The molecule has 0 heterocycles. The smallest absolute Gasteiger partial charge is 0.0181 e. The Bertz CT molecular complexity index is 1230. The Morgan fingerprint density at radius 3 is 1.14 bits per heavy atom. The maximum Gasteiger partial charge on any atom is 0.0181 e. The fourth-order valence-corrected chi connectivity index (χ4v) is 5.34. The molecular formula is C26H14Br2. The highest BCUT2D eigenvalue weighted by Crippen LogP contribution is 2.54. The van der Waals surface area contributed by atoms with Crippen LogP contribution in [0.4, 0.5) is 0 Å². The van der Waals surface area contributed by atoms with Gasteiger partial charge in [-0.25, -0.2) is 0 Å². The summed E-state index contributed by atoms with van der Waals surface area (Å²) in [6, 6.07) is 30.8. The zero-order valence-corrected chi connectivity index (χ0v) is 18.0. The van der Waals surface area contributed by atoms with Crippen LogP contribution in [0.15, 0.2) is 93.9 Å². The molecule has 0 radical (unpaired) electrons. The molecule has 0 nitrogen and oxygen atoms in total. The average molecular weight is 486 g/mol. The van der Waals surface area contributed by atoms with Crippen molar-refractivity contribution in [2.24, 2.45) is 0 Å². The fourth-order valence-electron chi connectivity index (χ4n) is 4.62. The minimum atomic E-state index is 1.11. The minimum Gasteiger partial charge on any atom is -0.0616 e. The van der Waals surface area contributed by atoms with Crippen LogP contribution in [-0.2, 0) is 0 Å².